The lowest BCUT2D eigenvalue weighted by Crippen LogP contribution is -2.17. The molecule has 1 unspecified atom stereocenters. The summed E-state index contributed by atoms with van der Waals surface area (Å²) in [7, 11) is 0. The molecule has 0 radical (unpaired) electrons. The Kier molecular flexibility index (Phi) is 3.74. The summed E-state index contributed by atoms with van der Waals surface area (Å²) in [6.45, 7) is 0.654. The third kappa shape index (κ3) is 3.03. The van der Waals surface area contributed by atoms with Crippen molar-refractivity contribution in [2.75, 3.05) is 6.61 Å². The molecule has 0 aromatic heterocycles. The van der Waals surface area contributed by atoms with Crippen LogP contribution in [0.15, 0.2) is 30.0 Å². The lowest BCUT2D eigenvalue weighted by Gasteiger charge is -2.19. The van der Waals surface area contributed by atoms with E-state index in [2.05, 4.69) is 0 Å². The van der Waals surface area contributed by atoms with Crippen LogP contribution in [0, 0.1) is 11.6 Å². The number of aliphatic hydroxyl groups excluding tert-OH is 1. The molecule has 2 nitrogen and oxygen atoms in total. The first-order chi connectivity index (χ1) is 8.16. The Hall–Kier alpha value is -1.42. The summed E-state index contributed by atoms with van der Waals surface area (Å²) in [4.78, 5) is 0. The molecule has 1 aromatic carbocycles. The van der Waals surface area contributed by atoms with Gasteiger partial charge in [0.15, 0.2) is 0 Å². The Balaban J connectivity index is 2.07. The zero-order valence-corrected chi connectivity index (χ0v) is 9.33. The van der Waals surface area contributed by atoms with E-state index in [1.165, 1.54) is 18.4 Å². The van der Waals surface area contributed by atoms with Crippen LogP contribution in [0.25, 0.3) is 0 Å². The third-order valence-electron chi connectivity index (χ3n) is 2.82. The molecule has 0 fully saturated rings. The molecule has 92 valence electrons. The number of aliphatic hydroxyl groups is 1. The molecule has 1 N–H and O–H groups in total. The molecule has 0 bridgehead atoms. The third-order valence-corrected chi connectivity index (χ3v) is 2.82. The Morgan fingerprint density at radius 3 is 2.82 bits per heavy atom. The zero-order valence-electron chi connectivity index (χ0n) is 9.33. The Morgan fingerprint density at radius 1 is 1.35 bits per heavy atom. The Bertz CT molecular complexity index is 429. The van der Waals surface area contributed by atoms with E-state index in [1.807, 2.05) is 0 Å². The molecule has 1 aliphatic rings. The maximum atomic E-state index is 13.4. The minimum Gasteiger partial charge on any atom is -0.501 e. The average Bonchev–Trinajstić information content (AvgIpc) is 2.34. The molecule has 1 aliphatic heterocycles. The predicted octanol–water partition coefficient (Wildman–Crippen LogP) is 2.56. The van der Waals surface area contributed by atoms with Crippen molar-refractivity contribution >= 4 is 0 Å². The first-order valence-electron chi connectivity index (χ1n) is 5.59. The summed E-state index contributed by atoms with van der Waals surface area (Å²) < 4.78 is 31.2. The summed E-state index contributed by atoms with van der Waals surface area (Å²) in [6.07, 6.45) is 2.52. The number of benzene rings is 1. The molecule has 0 amide bonds. The van der Waals surface area contributed by atoms with E-state index in [-0.39, 0.29) is 6.42 Å². The normalized spacial score (nSPS) is 17.2. The van der Waals surface area contributed by atoms with Crippen molar-refractivity contribution in [3.8, 4) is 0 Å². The van der Waals surface area contributed by atoms with Gasteiger partial charge >= 0.3 is 0 Å². The van der Waals surface area contributed by atoms with Gasteiger partial charge in [-0.1, -0.05) is 6.07 Å². The van der Waals surface area contributed by atoms with Crippen LogP contribution in [0.3, 0.4) is 0 Å². The number of hydrogen-bond acceptors (Lipinski definition) is 2. The SMILES string of the molecule is OC(Cc1ccc(F)cc1F)C1=COCCC1. The maximum Gasteiger partial charge on any atom is 0.129 e. The van der Waals surface area contributed by atoms with E-state index in [0.717, 1.165) is 24.5 Å². The van der Waals surface area contributed by atoms with E-state index < -0.39 is 17.7 Å². The lowest BCUT2D eigenvalue weighted by molar-refractivity contribution is 0.168. The summed E-state index contributed by atoms with van der Waals surface area (Å²) >= 11 is 0. The predicted molar refractivity (Wildman–Crippen MR) is 59.3 cm³/mol. The molecular weight excluding hydrogens is 226 g/mol. The van der Waals surface area contributed by atoms with Gasteiger partial charge in [-0.25, -0.2) is 8.78 Å². The van der Waals surface area contributed by atoms with Crippen LogP contribution < -0.4 is 0 Å². The van der Waals surface area contributed by atoms with Crippen LogP contribution >= 0.6 is 0 Å². The minimum atomic E-state index is -0.768. The maximum absolute atomic E-state index is 13.4. The summed E-state index contributed by atoms with van der Waals surface area (Å²) in [6, 6.07) is 3.38. The average molecular weight is 240 g/mol. The monoisotopic (exact) mass is 240 g/mol. The number of rotatable bonds is 3. The van der Waals surface area contributed by atoms with Crippen molar-refractivity contribution in [3.05, 3.63) is 47.2 Å². The van der Waals surface area contributed by atoms with Crippen molar-refractivity contribution in [2.24, 2.45) is 0 Å². The largest absolute Gasteiger partial charge is 0.501 e. The number of halogens is 2. The molecule has 0 saturated carbocycles. The van der Waals surface area contributed by atoms with Gasteiger partial charge in [0.1, 0.15) is 11.6 Å². The first-order valence-corrected chi connectivity index (χ1v) is 5.59. The van der Waals surface area contributed by atoms with Crippen LogP contribution in [-0.2, 0) is 11.2 Å². The quantitative estimate of drug-likeness (QED) is 0.879. The van der Waals surface area contributed by atoms with Gasteiger partial charge in [0, 0.05) is 12.5 Å². The van der Waals surface area contributed by atoms with E-state index in [0.29, 0.717) is 12.2 Å². The Labute approximate surface area is 98.5 Å². The second-order valence-corrected chi connectivity index (χ2v) is 4.12. The fraction of sp³-hybridized carbons (Fsp3) is 0.385. The number of hydrogen-bond donors (Lipinski definition) is 1. The van der Waals surface area contributed by atoms with Crippen LogP contribution in [0.4, 0.5) is 8.78 Å². The van der Waals surface area contributed by atoms with Crippen molar-refractivity contribution in [1.82, 2.24) is 0 Å². The summed E-state index contributed by atoms with van der Waals surface area (Å²) in [5.41, 5.74) is 1.07. The van der Waals surface area contributed by atoms with Gasteiger partial charge in [0.05, 0.1) is 19.0 Å². The van der Waals surface area contributed by atoms with Crippen LogP contribution in [0.2, 0.25) is 0 Å². The second-order valence-electron chi connectivity index (χ2n) is 4.12. The fourth-order valence-corrected chi connectivity index (χ4v) is 1.86. The molecule has 0 spiro atoms. The number of ether oxygens (including phenoxy) is 1. The molecule has 2 rings (SSSR count). The zero-order chi connectivity index (χ0) is 12.3. The molecule has 0 saturated heterocycles. The van der Waals surface area contributed by atoms with Crippen molar-refractivity contribution in [2.45, 2.75) is 25.4 Å². The molecule has 17 heavy (non-hydrogen) atoms. The summed E-state index contributed by atoms with van der Waals surface area (Å²) in [5, 5.41) is 9.91. The van der Waals surface area contributed by atoms with Crippen LogP contribution in [-0.4, -0.2) is 17.8 Å². The van der Waals surface area contributed by atoms with E-state index in [4.69, 9.17) is 4.74 Å². The van der Waals surface area contributed by atoms with E-state index in [9.17, 15) is 13.9 Å². The highest BCUT2D eigenvalue weighted by Crippen LogP contribution is 2.20. The summed E-state index contributed by atoms with van der Waals surface area (Å²) in [5.74, 6) is -1.23. The topological polar surface area (TPSA) is 29.5 Å². The van der Waals surface area contributed by atoms with Crippen LogP contribution in [0.1, 0.15) is 18.4 Å². The van der Waals surface area contributed by atoms with Gasteiger partial charge < -0.3 is 9.84 Å². The van der Waals surface area contributed by atoms with Gasteiger partial charge in [-0.15, -0.1) is 0 Å². The van der Waals surface area contributed by atoms with Gasteiger partial charge in [-0.05, 0) is 30.0 Å². The Morgan fingerprint density at radius 2 is 2.18 bits per heavy atom. The second kappa shape index (κ2) is 5.27. The lowest BCUT2D eigenvalue weighted by atomic mass is 9.98. The molecule has 4 heteroatoms. The minimum absolute atomic E-state index is 0.140. The molecule has 1 heterocycles. The van der Waals surface area contributed by atoms with Gasteiger partial charge in [0.2, 0.25) is 0 Å². The van der Waals surface area contributed by atoms with Crippen molar-refractivity contribution in [1.29, 1.82) is 0 Å². The standard InChI is InChI=1S/C13H14F2O2/c14-11-4-3-9(12(15)7-11)6-13(16)10-2-1-5-17-8-10/h3-4,7-8,13,16H,1-2,5-6H2. The van der Waals surface area contributed by atoms with E-state index >= 15 is 0 Å². The van der Waals surface area contributed by atoms with Gasteiger partial charge in [-0.3, -0.25) is 0 Å². The molecule has 1 atom stereocenters. The van der Waals surface area contributed by atoms with Crippen LogP contribution in [0.5, 0.6) is 0 Å². The fourth-order valence-electron chi connectivity index (χ4n) is 1.86. The van der Waals surface area contributed by atoms with E-state index in [1.54, 1.807) is 0 Å². The molecular formula is C13H14F2O2. The highest BCUT2D eigenvalue weighted by molar-refractivity contribution is 5.22. The highest BCUT2D eigenvalue weighted by atomic mass is 19.1. The van der Waals surface area contributed by atoms with Gasteiger partial charge in [0.25, 0.3) is 0 Å². The van der Waals surface area contributed by atoms with Crippen molar-refractivity contribution in [3.63, 3.8) is 0 Å². The molecule has 0 aliphatic carbocycles. The molecule has 1 aromatic rings. The van der Waals surface area contributed by atoms with Gasteiger partial charge in [-0.2, -0.15) is 0 Å². The first kappa shape index (κ1) is 12.0. The highest BCUT2D eigenvalue weighted by Gasteiger charge is 2.16. The smallest absolute Gasteiger partial charge is 0.129 e. The van der Waals surface area contributed by atoms with Crippen molar-refractivity contribution < 1.29 is 18.6 Å².